The fourth-order valence-electron chi connectivity index (χ4n) is 1.84. The molecule has 128 valence electrons. The minimum absolute atomic E-state index is 0.107. The molecule has 2 amide bonds. The number of hydrazone groups is 1. The zero-order chi connectivity index (χ0) is 18.4. The van der Waals surface area contributed by atoms with Gasteiger partial charge in [-0.3, -0.25) is 19.7 Å². The van der Waals surface area contributed by atoms with Crippen molar-refractivity contribution >= 4 is 41.0 Å². The van der Waals surface area contributed by atoms with Crippen LogP contribution in [0.1, 0.15) is 11.1 Å². The predicted molar refractivity (Wildman–Crippen MR) is 93.7 cm³/mol. The highest BCUT2D eigenvalue weighted by molar-refractivity contribution is 6.40. The number of halogens is 1. The minimum atomic E-state index is -0.985. The third-order valence-corrected chi connectivity index (χ3v) is 3.35. The van der Waals surface area contributed by atoms with Gasteiger partial charge in [0, 0.05) is 28.4 Å². The zero-order valence-electron chi connectivity index (χ0n) is 13.0. The molecule has 0 aliphatic heterocycles. The van der Waals surface area contributed by atoms with E-state index < -0.39 is 16.7 Å². The van der Waals surface area contributed by atoms with Gasteiger partial charge in [-0.15, -0.1) is 0 Å². The highest BCUT2D eigenvalue weighted by atomic mass is 35.5. The quantitative estimate of drug-likeness (QED) is 0.377. The van der Waals surface area contributed by atoms with Crippen LogP contribution in [0.3, 0.4) is 0 Å². The second kappa shape index (κ2) is 8.02. The van der Waals surface area contributed by atoms with Gasteiger partial charge in [0.15, 0.2) is 0 Å². The second-order valence-corrected chi connectivity index (χ2v) is 5.40. The van der Waals surface area contributed by atoms with Crippen LogP contribution in [-0.2, 0) is 9.59 Å². The molecule has 8 nitrogen and oxygen atoms in total. The van der Waals surface area contributed by atoms with Gasteiger partial charge in [-0.05, 0) is 24.6 Å². The van der Waals surface area contributed by atoms with Crippen molar-refractivity contribution in [2.45, 2.75) is 6.92 Å². The van der Waals surface area contributed by atoms with E-state index in [9.17, 15) is 19.7 Å². The van der Waals surface area contributed by atoms with Crippen LogP contribution in [0.5, 0.6) is 0 Å². The lowest BCUT2D eigenvalue weighted by Crippen LogP contribution is -2.32. The summed E-state index contributed by atoms with van der Waals surface area (Å²) in [6, 6.07) is 10.6. The second-order valence-electron chi connectivity index (χ2n) is 4.96. The number of carbonyl (C=O) groups is 2. The SMILES string of the molecule is Cc1ccc(Cl)cc1NC(=O)C(=O)N/N=C/c1cccc([N+](=O)[O-])c1. The van der Waals surface area contributed by atoms with Crippen molar-refractivity contribution in [2.75, 3.05) is 5.32 Å². The summed E-state index contributed by atoms with van der Waals surface area (Å²) in [6.45, 7) is 1.75. The maximum atomic E-state index is 11.8. The molecule has 2 N–H and O–H groups in total. The molecular formula is C16H13ClN4O4. The summed E-state index contributed by atoms with van der Waals surface area (Å²) in [6.07, 6.45) is 1.20. The van der Waals surface area contributed by atoms with Gasteiger partial charge in [0.1, 0.15) is 0 Å². The summed E-state index contributed by atoms with van der Waals surface area (Å²) in [5.41, 5.74) is 3.50. The van der Waals surface area contributed by atoms with Crippen molar-refractivity contribution < 1.29 is 14.5 Å². The number of nitro groups is 1. The number of nitrogens with one attached hydrogen (secondary N) is 2. The van der Waals surface area contributed by atoms with Crippen LogP contribution in [0.25, 0.3) is 0 Å². The molecule has 0 bridgehead atoms. The molecule has 0 saturated heterocycles. The Kier molecular flexibility index (Phi) is 5.80. The molecule has 0 atom stereocenters. The summed E-state index contributed by atoms with van der Waals surface area (Å²) < 4.78 is 0. The Morgan fingerprint density at radius 3 is 2.68 bits per heavy atom. The molecule has 0 heterocycles. The number of aryl methyl sites for hydroxylation is 1. The Bertz CT molecular complexity index is 867. The maximum Gasteiger partial charge on any atom is 0.329 e. The van der Waals surface area contributed by atoms with E-state index in [4.69, 9.17) is 11.6 Å². The molecule has 0 saturated carbocycles. The first-order chi connectivity index (χ1) is 11.9. The van der Waals surface area contributed by atoms with Crippen LogP contribution in [0.2, 0.25) is 5.02 Å². The number of anilines is 1. The van der Waals surface area contributed by atoms with Gasteiger partial charge in [0.2, 0.25) is 0 Å². The highest BCUT2D eigenvalue weighted by Crippen LogP contribution is 2.19. The molecule has 0 aliphatic rings. The lowest BCUT2D eigenvalue weighted by molar-refractivity contribution is -0.384. The Morgan fingerprint density at radius 2 is 1.96 bits per heavy atom. The average molecular weight is 361 g/mol. The van der Waals surface area contributed by atoms with Crippen molar-refractivity contribution in [3.05, 3.63) is 68.7 Å². The number of nitro benzene ring substituents is 1. The van der Waals surface area contributed by atoms with Crippen LogP contribution in [-0.4, -0.2) is 23.0 Å². The van der Waals surface area contributed by atoms with E-state index in [2.05, 4.69) is 10.4 Å². The molecule has 2 aromatic rings. The van der Waals surface area contributed by atoms with Crippen molar-refractivity contribution in [3.63, 3.8) is 0 Å². The van der Waals surface area contributed by atoms with Gasteiger partial charge in [0.05, 0.1) is 11.1 Å². The zero-order valence-corrected chi connectivity index (χ0v) is 13.8. The Balaban J connectivity index is 1.97. The lowest BCUT2D eigenvalue weighted by Gasteiger charge is -2.07. The number of amides is 2. The fraction of sp³-hybridized carbons (Fsp3) is 0.0625. The van der Waals surface area contributed by atoms with Crippen molar-refractivity contribution in [1.29, 1.82) is 0 Å². The average Bonchev–Trinajstić information content (AvgIpc) is 2.58. The van der Waals surface area contributed by atoms with E-state index in [0.717, 1.165) is 5.56 Å². The molecule has 0 aliphatic carbocycles. The van der Waals surface area contributed by atoms with Crippen molar-refractivity contribution in [2.24, 2.45) is 5.10 Å². The van der Waals surface area contributed by atoms with Crippen LogP contribution in [0.4, 0.5) is 11.4 Å². The van der Waals surface area contributed by atoms with Gasteiger partial charge < -0.3 is 5.32 Å². The first-order valence-electron chi connectivity index (χ1n) is 7.02. The van der Waals surface area contributed by atoms with Crippen LogP contribution >= 0.6 is 11.6 Å². The van der Waals surface area contributed by atoms with E-state index in [1.165, 1.54) is 30.5 Å². The molecule has 0 spiro atoms. The number of hydrogen-bond acceptors (Lipinski definition) is 5. The molecular weight excluding hydrogens is 348 g/mol. The summed E-state index contributed by atoms with van der Waals surface area (Å²) in [4.78, 5) is 33.7. The van der Waals surface area contributed by atoms with Crippen LogP contribution in [0, 0.1) is 17.0 Å². The maximum absolute atomic E-state index is 11.8. The molecule has 2 aromatic carbocycles. The molecule has 0 radical (unpaired) electrons. The Labute approximate surface area is 147 Å². The third kappa shape index (κ3) is 5.11. The largest absolute Gasteiger partial charge is 0.329 e. The first-order valence-corrected chi connectivity index (χ1v) is 7.39. The number of benzene rings is 2. The Hall–Kier alpha value is -3.26. The topological polar surface area (TPSA) is 114 Å². The third-order valence-electron chi connectivity index (χ3n) is 3.11. The predicted octanol–water partition coefficient (Wildman–Crippen LogP) is 2.65. The lowest BCUT2D eigenvalue weighted by atomic mass is 10.2. The molecule has 2 rings (SSSR count). The van der Waals surface area contributed by atoms with E-state index in [-0.39, 0.29) is 5.69 Å². The van der Waals surface area contributed by atoms with Gasteiger partial charge in [0.25, 0.3) is 5.69 Å². The molecule has 0 aromatic heterocycles. The summed E-state index contributed by atoms with van der Waals surface area (Å²) >= 11 is 5.84. The summed E-state index contributed by atoms with van der Waals surface area (Å²) in [5.74, 6) is -1.90. The number of non-ortho nitro benzene ring substituents is 1. The van der Waals surface area contributed by atoms with Gasteiger partial charge >= 0.3 is 11.8 Å². The molecule has 0 fully saturated rings. The standard InChI is InChI=1S/C16H13ClN4O4/c1-10-5-6-12(17)8-14(10)19-15(22)16(23)20-18-9-11-3-2-4-13(7-11)21(24)25/h2-9H,1H3,(H,19,22)(H,20,23)/b18-9+. The van der Waals surface area contributed by atoms with Gasteiger partial charge in [-0.2, -0.15) is 5.10 Å². The van der Waals surface area contributed by atoms with E-state index in [0.29, 0.717) is 16.3 Å². The van der Waals surface area contributed by atoms with Crippen molar-refractivity contribution in [3.8, 4) is 0 Å². The van der Waals surface area contributed by atoms with Gasteiger partial charge in [-0.25, -0.2) is 5.43 Å². The number of carbonyl (C=O) groups excluding carboxylic acids is 2. The number of rotatable bonds is 4. The normalized spacial score (nSPS) is 10.5. The minimum Gasteiger partial charge on any atom is -0.317 e. The van der Waals surface area contributed by atoms with Crippen molar-refractivity contribution in [1.82, 2.24) is 5.43 Å². The highest BCUT2D eigenvalue weighted by Gasteiger charge is 2.14. The monoisotopic (exact) mass is 360 g/mol. The number of nitrogens with zero attached hydrogens (tertiary/aromatic N) is 2. The summed E-state index contributed by atoms with van der Waals surface area (Å²) in [7, 11) is 0. The number of hydrogen-bond donors (Lipinski definition) is 2. The van der Waals surface area contributed by atoms with E-state index >= 15 is 0 Å². The molecule has 9 heteroatoms. The van der Waals surface area contributed by atoms with Crippen LogP contribution in [0.15, 0.2) is 47.6 Å². The molecule has 0 unspecified atom stereocenters. The smallest absolute Gasteiger partial charge is 0.317 e. The van der Waals surface area contributed by atoms with Gasteiger partial charge in [-0.1, -0.05) is 29.8 Å². The Morgan fingerprint density at radius 1 is 1.20 bits per heavy atom. The molecule has 25 heavy (non-hydrogen) atoms. The van der Waals surface area contributed by atoms with E-state index in [1.807, 2.05) is 5.43 Å². The van der Waals surface area contributed by atoms with E-state index in [1.54, 1.807) is 25.1 Å². The summed E-state index contributed by atoms with van der Waals surface area (Å²) in [5, 5.41) is 17.1. The fourth-order valence-corrected chi connectivity index (χ4v) is 2.01. The first kappa shape index (κ1) is 18.1. The van der Waals surface area contributed by atoms with Crippen LogP contribution < -0.4 is 10.7 Å².